The minimum Gasteiger partial charge on any atom is -0.396 e. The Hall–Kier alpha value is -0.830. The molecule has 1 heterocycles. The molecule has 1 aliphatic rings. The highest BCUT2D eigenvalue weighted by Gasteiger charge is 2.20. The van der Waals surface area contributed by atoms with Gasteiger partial charge in [-0.2, -0.15) is 5.10 Å². The third kappa shape index (κ3) is 1.75. The van der Waals surface area contributed by atoms with Gasteiger partial charge in [0.25, 0.3) is 0 Å². The highest BCUT2D eigenvalue weighted by Crippen LogP contribution is 2.34. The lowest BCUT2D eigenvalue weighted by Crippen LogP contribution is -1.99. The lowest BCUT2D eigenvalue weighted by atomic mass is 9.99. The van der Waals surface area contributed by atoms with Gasteiger partial charge in [0.15, 0.2) is 0 Å². The summed E-state index contributed by atoms with van der Waals surface area (Å²) in [5.41, 5.74) is 2.47. The number of aromatic nitrogens is 2. The quantitative estimate of drug-likeness (QED) is 0.742. The molecule has 3 nitrogen and oxygen atoms in total. The summed E-state index contributed by atoms with van der Waals surface area (Å²) in [6, 6.07) is 0. The van der Waals surface area contributed by atoms with E-state index in [4.69, 9.17) is 5.11 Å². The summed E-state index contributed by atoms with van der Waals surface area (Å²) in [4.78, 5) is 0. The Kier molecular flexibility index (Phi) is 2.64. The first kappa shape index (κ1) is 8.75. The molecular weight excluding hydrogens is 164 g/mol. The molecule has 0 saturated heterocycles. The van der Waals surface area contributed by atoms with Crippen LogP contribution in [0.1, 0.15) is 42.9 Å². The van der Waals surface area contributed by atoms with Crippen LogP contribution in [0.2, 0.25) is 0 Å². The second kappa shape index (κ2) is 3.92. The van der Waals surface area contributed by atoms with Crippen LogP contribution in [0.5, 0.6) is 0 Å². The first-order valence-corrected chi connectivity index (χ1v) is 5.05. The van der Waals surface area contributed by atoms with E-state index in [0.29, 0.717) is 5.92 Å². The van der Waals surface area contributed by atoms with Crippen molar-refractivity contribution >= 4 is 0 Å². The number of aliphatic hydroxyl groups excluding tert-OH is 1. The van der Waals surface area contributed by atoms with Gasteiger partial charge in [0.1, 0.15) is 0 Å². The average Bonchev–Trinajstić information content (AvgIpc) is 2.71. The monoisotopic (exact) mass is 180 g/mol. The number of H-pyrrole nitrogens is 1. The van der Waals surface area contributed by atoms with E-state index >= 15 is 0 Å². The van der Waals surface area contributed by atoms with Gasteiger partial charge in [-0.1, -0.05) is 12.8 Å². The van der Waals surface area contributed by atoms with Crippen LogP contribution in [-0.4, -0.2) is 21.9 Å². The lowest BCUT2D eigenvalue weighted by molar-refractivity contribution is 0.299. The molecule has 0 bridgehead atoms. The molecule has 0 unspecified atom stereocenters. The minimum absolute atomic E-state index is 0.221. The molecule has 2 N–H and O–H groups in total. The van der Waals surface area contributed by atoms with Crippen LogP contribution in [0.15, 0.2) is 6.20 Å². The van der Waals surface area contributed by atoms with Crippen molar-refractivity contribution in [3.63, 3.8) is 0 Å². The van der Waals surface area contributed by atoms with Crippen molar-refractivity contribution in [1.82, 2.24) is 10.2 Å². The van der Waals surface area contributed by atoms with Crippen molar-refractivity contribution in [2.24, 2.45) is 0 Å². The number of nitrogens with zero attached hydrogens (tertiary/aromatic N) is 1. The van der Waals surface area contributed by atoms with E-state index in [-0.39, 0.29) is 6.61 Å². The summed E-state index contributed by atoms with van der Waals surface area (Å²) in [7, 11) is 0. The Bertz CT molecular complexity index is 264. The van der Waals surface area contributed by atoms with E-state index in [1.807, 2.05) is 6.20 Å². The maximum absolute atomic E-state index is 8.86. The second-order valence-corrected chi connectivity index (χ2v) is 3.76. The van der Waals surface area contributed by atoms with Gasteiger partial charge in [-0.05, 0) is 24.8 Å². The zero-order valence-corrected chi connectivity index (χ0v) is 7.79. The molecule has 1 aromatic rings. The topological polar surface area (TPSA) is 48.9 Å². The summed E-state index contributed by atoms with van der Waals surface area (Å²) >= 11 is 0. The number of hydrogen-bond donors (Lipinski definition) is 2. The third-order valence-corrected chi connectivity index (χ3v) is 2.90. The maximum atomic E-state index is 8.86. The van der Waals surface area contributed by atoms with Crippen molar-refractivity contribution in [3.8, 4) is 0 Å². The molecule has 1 fully saturated rings. The van der Waals surface area contributed by atoms with Crippen molar-refractivity contribution in [1.29, 1.82) is 0 Å². The van der Waals surface area contributed by atoms with Crippen LogP contribution < -0.4 is 0 Å². The average molecular weight is 180 g/mol. The van der Waals surface area contributed by atoms with Crippen LogP contribution in [-0.2, 0) is 6.42 Å². The number of rotatable bonds is 3. The van der Waals surface area contributed by atoms with Gasteiger partial charge >= 0.3 is 0 Å². The molecular formula is C10H16N2O. The molecule has 0 aliphatic heterocycles. The van der Waals surface area contributed by atoms with Crippen molar-refractivity contribution < 1.29 is 5.11 Å². The van der Waals surface area contributed by atoms with Gasteiger partial charge in [-0.3, -0.25) is 5.10 Å². The normalized spacial score (nSPS) is 18.2. The summed E-state index contributed by atoms with van der Waals surface area (Å²) in [6.07, 6.45) is 7.82. The van der Waals surface area contributed by atoms with Crippen LogP contribution in [0, 0.1) is 0 Å². The summed E-state index contributed by atoms with van der Waals surface area (Å²) in [6.45, 7) is 0.221. The van der Waals surface area contributed by atoms with E-state index in [1.165, 1.54) is 36.9 Å². The van der Waals surface area contributed by atoms with Gasteiger partial charge < -0.3 is 5.11 Å². The van der Waals surface area contributed by atoms with Crippen LogP contribution in [0.4, 0.5) is 0 Å². The van der Waals surface area contributed by atoms with Crippen molar-refractivity contribution in [3.05, 3.63) is 17.5 Å². The summed E-state index contributed by atoms with van der Waals surface area (Å²) in [5, 5.41) is 16.0. The molecule has 0 amide bonds. The Labute approximate surface area is 78.2 Å². The van der Waals surface area contributed by atoms with Gasteiger partial charge in [0.2, 0.25) is 0 Å². The molecule has 2 rings (SSSR count). The molecule has 0 aromatic carbocycles. The van der Waals surface area contributed by atoms with Gasteiger partial charge in [-0.15, -0.1) is 0 Å². The predicted molar refractivity (Wildman–Crippen MR) is 50.6 cm³/mol. The Morgan fingerprint density at radius 3 is 2.92 bits per heavy atom. The molecule has 0 atom stereocenters. The minimum atomic E-state index is 0.221. The molecule has 0 spiro atoms. The van der Waals surface area contributed by atoms with E-state index in [1.54, 1.807) is 0 Å². The Morgan fingerprint density at radius 2 is 2.23 bits per heavy atom. The number of aromatic amines is 1. The fraction of sp³-hybridized carbons (Fsp3) is 0.700. The Balaban J connectivity index is 2.13. The number of aliphatic hydroxyl groups is 1. The first-order chi connectivity index (χ1) is 6.42. The van der Waals surface area contributed by atoms with E-state index in [0.717, 1.165) is 6.42 Å². The van der Waals surface area contributed by atoms with E-state index < -0.39 is 0 Å². The van der Waals surface area contributed by atoms with Gasteiger partial charge in [0.05, 0.1) is 6.20 Å². The SMILES string of the molecule is OCCc1cn[nH]c1C1CCCC1. The first-order valence-electron chi connectivity index (χ1n) is 5.05. The van der Waals surface area contributed by atoms with Gasteiger partial charge in [-0.25, -0.2) is 0 Å². The fourth-order valence-corrected chi connectivity index (χ4v) is 2.21. The second-order valence-electron chi connectivity index (χ2n) is 3.76. The lowest BCUT2D eigenvalue weighted by Gasteiger charge is -2.08. The molecule has 3 heteroatoms. The summed E-state index contributed by atoms with van der Waals surface area (Å²) in [5.74, 6) is 0.670. The highest BCUT2D eigenvalue weighted by atomic mass is 16.2. The molecule has 1 saturated carbocycles. The van der Waals surface area contributed by atoms with Crippen molar-refractivity contribution in [2.75, 3.05) is 6.61 Å². The predicted octanol–water partition coefficient (Wildman–Crippen LogP) is 1.60. The molecule has 13 heavy (non-hydrogen) atoms. The smallest absolute Gasteiger partial charge is 0.0523 e. The van der Waals surface area contributed by atoms with Crippen LogP contribution in [0.3, 0.4) is 0 Å². The molecule has 0 radical (unpaired) electrons. The van der Waals surface area contributed by atoms with Gasteiger partial charge in [0, 0.05) is 18.2 Å². The number of hydrogen-bond acceptors (Lipinski definition) is 2. The Morgan fingerprint density at radius 1 is 1.46 bits per heavy atom. The number of nitrogens with one attached hydrogen (secondary N) is 1. The summed E-state index contributed by atoms with van der Waals surface area (Å²) < 4.78 is 0. The van der Waals surface area contributed by atoms with Crippen LogP contribution in [0.25, 0.3) is 0 Å². The zero-order valence-electron chi connectivity index (χ0n) is 7.79. The maximum Gasteiger partial charge on any atom is 0.0523 e. The highest BCUT2D eigenvalue weighted by molar-refractivity contribution is 5.21. The standard InChI is InChI=1S/C10H16N2O/c13-6-5-9-7-11-12-10(9)8-3-1-2-4-8/h7-8,13H,1-6H2,(H,11,12). The third-order valence-electron chi connectivity index (χ3n) is 2.90. The van der Waals surface area contributed by atoms with E-state index in [2.05, 4.69) is 10.2 Å². The molecule has 72 valence electrons. The van der Waals surface area contributed by atoms with E-state index in [9.17, 15) is 0 Å². The zero-order chi connectivity index (χ0) is 9.10. The van der Waals surface area contributed by atoms with Crippen molar-refractivity contribution in [2.45, 2.75) is 38.0 Å². The largest absolute Gasteiger partial charge is 0.396 e. The van der Waals surface area contributed by atoms with Crippen LogP contribution >= 0.6 is 0 Å². The molecule has 1 aliphatic carbocycles. The molecule has 1 aromatic heterocycles. The fourth-order valence-electron chi connectivity index (χ4n) is 2.21.